The third kappa shape index (κ3) is 5.11. The van der Waals surface area contributed by atoms with E-state index in [-0.39, 0.29) is 13.0 Å². The lowest BCUT2D eigenvalue weighted by Gasteiger charge is -2.18. The van der Waals surface area contributed by atoms with Crippen LogP contribution < -0.4 is 11.1 Å². The fourth-order valence-electron chi connectivity index (χ4n) is 2.67. The summed E-state index contributed by atoms with van der Waals surface area (Å²) in [5.41, 5.74) is 7.14. The SMILES string of the molecule is NC(=O)N[C@@H](CC(=O)OCc1cc(-c2ccccc2)on1)c1ccccc1Cl. The number of benzene rings is 2. The Kier molecular flexibility index (Phi) is 6.29. The van der Waals surface area contributed by atoms with Gasteiger partial charge in [0.05, 0.1) is 12.5 Å². The Hall–Kier alpha value is -3.32. The summed E-state index contributed by atoms with van der Waals surface area (Å²) >= 11 is 6.15. The zero-order chi connectivity index (χ0) is 19.9. The van der Waals surface area contributed by atoms with E-state index in [0.29, 0.717) is 22.0 Å². The number of rotatable bonds is 7. The van der Waals surface area contributed by atoms with Crippen LogP contribution in [-0.4, -0.2) is 17.2 Å². The Morgan fingerprint density at radius 1 is 1.14 bits per heavy atom. The summed E-state index contributed by atoms with van der Waals surface area (Å²) in [5, 5.41) is 6.83. The molecular weight excluding hydrogens is 382 g/mol. The number of aromatic nitrogens is 1. The first-order valence-corrected chi connectivity index (χ1v) is 8.88. The molecule has 2 aromatic carbocycles. The molecule has 3 rings (SSSR count). The van der Waals surface area contributed by atoms with Gasteiger partial charge in [0.15, 0.2) is 5.76 Å². The molecule has 0 aliphatic carbocycles. The van der Waals surface area contributed by atoms with E-state index in [0.717, 1.165) is 5.56 Å². The molecule has 0 radical (unpaired) electrons. The van der Waals surface area contributed by atoms with E-state index in [9.17, 15) is 9.59 Å². The summed E-state index contributed by atoms with van der Waals surface area (Å²) in [7, 11) is 0. The van der Waals surface area contributed by atoms with Crippen molar-refractivity contribution >= 4 is 23.6 Å². The van der Waals surface area contributed by atoms with Crippen LogP contribution in [0.25, 0.3) is 11.3 Å². The molecule has 3 N–H and O–H groups in total. The third-order valence-electron chi connectivity index (χ3n) is 3.97. The number of halogens is 1. The van der Waals surface area contributed by atoms with Crippen LogP contribution in [0, 0.1) is 0 Å². The lowest BCUT2D eigenvalue weighted by molar-refractivity contribution is -0.145. The maximum atomic E-state index is 12.3. The number of esters is 1. The first-order valence-electron chi connectivity index (χ1n) is 8.50. The number of carbonyl (C=O) groups is 2. The number of hydrogen-bond acceptors (Lipinski definition) is 5. The van der Waals surface area contributed by atoms with Crippen LogP contribution in [0.5, 0.6) is 0 Å². The van der Waals surface area contributed by atoms with E-state index in [4.69, 9.17) is 26.6 Å². The van der Waals surface area contributed by atoms with Crippen molar-refractivity contribution in [3.8, 4) is 11.3 Å². The van der Waals surface area contributed by atoms with Crippen LogP contribution in [0.3, 0.4) is 0 Å². The van der Waals surface area contributed by atoms with Gasteiger partial charge >= 0.3 is 12.0 Å². The van der Waals surface area contributed by atoms with E-state index >= 15 is 0 Å². The highest BCUT2D eigenvalue weighted by Crippen LogP contribution is 2.26. The third-order valence-corrected chi connectivity index (χ3v) is 4.31. The Morgan fingerprint density at radius 3 is 2.57 bits per heavy atom. The predicted octanol–water partition coefficient (Wildman–Crippen LogP) is 3.84. The Morgan fingerprint density at radius 2 is 1.86 bits per heavy atom. The van der Waals surface area contributed by atoms with Crippen LogP contribution in [0.4, 0.5) is 4.79 Å². The second kappa shape index (κ2) is 9.05. The maximum absolute atomic E-state index is 12.3. The van der Waals surface area contributed by atoms with Crippen molar-refractivity contribution in [1.29, 1.82) is 0 Å². The summed E-state index contributed by atoms with van der Waals surface area (Å²) in [4.78, 5) is 23.5. The van der Waals surface area contributed by atoms with E-state index in [1.54, 1.807) is 30.3 Å². The normalized spacial score (nSPS) is 11.6. The van der Waals surface area contributed by atoms with Gasteiger partial charge in [0.1, 0.15) is 12.3 Å². The van der Waals surface area contributed by atoms with Crippen LogP contribution in [0.1, 0.15) is 23.7 Å². The minimum absolute atomic E-state index is 0.0546. The highest BCUT2D eigenvalue weighted by Gasteiger charge is 2.21. The fraction of sp³-hybridized carbons (Fsp3) is 0.150. The lowest BCUT2D eigenvalue weighted by Crippen LogP contribution is -2.34. The van der Waals surface area contributed by atoms with Crippen LogP contribution in [0.2, 0.25) is 5.02 Å². The van der Waals surface area contributed by atoms with Gasteiger partial charge in [0.25, 0.3) is 0 Å². The number of urea groups is 1. The lowest BCUT2D eigenvalue weighted by atomic mass is 10.0. The Bertz CT molecular complexity index is 959. The Labute approximate surface area is 166 Å². The van der Waals surface area contributed by atoms with Gasteiger partial charge in [-0.25, -0.2) is 4.79 Å². The van der Waals surface area contributed by atoms with Gasteiger partial charge in [-0.1, -0.05) is 65.3 Å². The molecule has 0 bridgehead atoms. The van der Waals surface area contributed by atoms with Gasteiger partial charge < -0.3 is 20.3 Å². The summed E-state index contributed by atoms with van der Waals surface area (Å²) < 4.78 is 10.5. The summed E-state index contributed by atoms with van der Waals surface area (Å²) in [6, 6.07) is 16.6. The second-order valence-electron chi connectivity index (χ2n) is 6.00. The number of primary amides is 1. The second-order valence-corrected chi connectivity index (χ2v) is 6.40. The first-order chi connectivity index (χ1) is 13.5. The predicted molar refractivity (Wildman–Crippen MR) is 103 cm³/mol. The molecule has 0 unspecified atom stereocenters. The largest absolute Gasteiger partial charge is 0.459 e. The summed E-state index contributed by atoms with van der Waals surface area (Å²) in [6.45, 7) is -0.0546. The van der Waals surface area contributed by atoms with Gasteiger partial charge in [-0.2, -0.15) is 0 Å². The van der Waals surface area contributed by atoms with E-state index in [1.165, 1.54) is 0 Å². The first kappa shape index (κ1) is 19.4. The smallest absolute Gasteiger partial charge is 0.312 e. The molecule has 1 aromatic heterocycles. The average molecular weight is 400 g/mol. The molecule has 2 amide bonds. The number of hydrogen-bond donors (Lipinski definition) is 2. The molecule has 0 spiro atoms. The minimum Gasteiger partial charge on any atom is -0.459 e. The number of amides is 2. The summed E-state index contributed by atoms with van der Waals surface area (Å²) in [5.74, 6) is 0.0407. The monoisotopic (exact) mass is 399 g/mol. The molecule has 3 aromatic rings. The molecule has 0 aliphatic heterocycles. The van der Waals surface area contributed by atoms with Crippen LogP contribution in [-0.2, 0) is 16.1 Å². The number of nitrogens with zero attached hydrogens (tertiary/aromatic N) is 1. The van der Waals surface area contributed by atoms with Crippen molar-refractivity contribution in [2.45, 2.75) is 19.1 Å². The molecule has 0 fully saturated rings. The molecule has 144 valence electrons. The molecule has 28 heavy (non-hydrogen) atoms. The van der Waals surface area contributed by atoms with Gasteiger partial charge in [-0.15, -0.1) is 0 Å². The number of nitrogens with one attached hydrogen (secondary N) is 1. The van der Waals surface area contributed by atoms with Crippen molar-refractivity contribution in [2.75, 3.05) is 0 Å². The van der Waals surface area contributed by atoms with Gasteiger partial charge in [0.2, 0.25) is 0 Å². The van der Waals surface area contributed by atoms with Gasteiger partial charge in [-0.3, -0.25) is 4.79 Å². The summed E-state index contributed by atoms with van der Waals surface area (Å²) in [6.07, 6.45) is -0.129. The zero-order valence-electron chi connectivity index (χ0n) is 14.8. The number of ether oxygens (including phenoxy) is 1. The highest BCUT2D eigenvalue weighted by molar-refractivity contribution is 6.31. The number of carbonyl (C=O) groups excluding carboxylic acids is 2. The van der Waals surface area contributed by atoms with Crippen molar-refractivity contribution in [2.24, 2.45) is 5.73 Å². The molecule has 1 heterocycles. The van der Waals surface area contributed by atoms with E-state index in [1.807, 2.05) is 30.3 Å². The van der Waals surface area contributed by atoms with Crippen molar-refractivity contribution < 1.29 is 18.8 Å². The maximum Gasteiger partial charge on any atom is 0.312 e. The van der Waals surface area contributed by atoms with Crippen molar-refractivity contribution in [3.05, 3.63) is 76.9 Å². The van der Waals surface area contributed by atoms with Gasteiger partial charge in [-0.05, 0) is 11.6 Å². The fourth-order valence-corrected chi connectivity index (χ4v) is 2.93. The molecule has 1 atom stereocenters. The zero-order valence-corrected chi connectivity index (χ0v) is 15.6. The van der Waals surface area contributed by atoms with E-state index < -0.39 is 18.0 Å². The molecular formula is C20H18ClN3O4. The van der Waals surface area contributed by atoms with Crippen LogP contribution in [0.15, 0.2) is 65.2 Å². The van der Waals surface area contributed by atoms with Crippen molar-refractivity contribution in [1.82, 2.24) is 10.5 Å². The van der Waals surface area contributed by atoms with Crippen molar-refractivity contribution in [3.63, 3.8) is 0 Å². The van der Waals surface area contributed by atoms with Crippen LogP contribution >= 0.6 is 11.6 Å². The minimum atomic E-state index is -0.762. The molecule has 0 saturated carbocycles. The molecule has 0 aliphatic rings. The van der Waals surface area contributed by atoms with E-state index in [2.05, 4.69) is 10.5 Å². The highest BCUT2D eigenvalue weighted by atomic mass is 35.5. The topological polar surface area (TPSA) is 107 Å². The quantitative estimate of drug-likeness (QED) is 0.587. The Balaban J connectivity index is 1.61. The molecule has 8 heteroatoms. The molecule has 7 nitrogen and oxygen atoms in total. The average Bonchev–Trinajstić information content (AvgIpc) is 3.16. The number of nitrogens with two attached hydrogens (primary N) is 1. The standard InChI is InChI=1S/C20H18ClN3O4/c21-16-9-5-4-8-15(16)17(23-20(22)26)11-19(25)27-12-14-10-18(28-24-14)13-6-2-1-3-7-13/h1-10,17H,11-12H2,(H3,22,23,26)/t17-/m0/s1. The van der Waals surface area contributed by atoms with Gasteiger partial charge in [0, 0.05) is 16.7 Å². The molecule has 0 saturated heterocycles.